The van der Waals surface area contributed by atoms with Crippen LogP contribution in [-0.4, -0.2) is 12.7 Å². The average molecular weight is 208 g/mol. The molecule has 0 fully saturated rings. The number of ether oxygens (including phenoxy) is 1. The first kappa shape index (κ1) is 11.4. The smallest absolute Gasteiger partial charge is 0.411 e. The fourth-order valence-corrected chi connectivity index (χ4v) is 1.08. The fraction of sp³-hybridized carbons (Fsp3) is 0.364. The lowest BCUT2D eigenvalue weighted by Gasteiger charge is -2.06. The van der Waals surface area contributed by atoms with Gasteiger partial charge in [0.1, 0.15) is 0 Å². The summed E-state index contributed by atoms with van der Waals surface area (Å²) in [6.07, 6.45) is 1.45. The minimum Gasteiger partial charge on any atom is -0.449 e. The molecule has 3 N–H and O–H groups in total. The van der Waals surface area contributed by atoms with Crippen LogP contribution in [0.1, 0.15) is 19.8 Å². The zero-order chi connectivity index (χ0) is 11.1. The molecule has 0 aliphatic heterocycles. The number of nitrogens with two attached hydrogens (primary N) is 1. The van der Waals surface area contributed by atoms with Gasteiger partial charge in [-0.25, -0.2) is 4.79 Å². The summed E-state index contributed by atoms with van der Waals surface area (Å²) in [4.78, 5) is 11.2. The van der Waals surface area contributed by atoms with Crippen molar-refractivity contribution < 1.29 is 9.53 Å². The van der Waals surface area contributed by atoms with Crippen molar-refractivity contribution in [3.05, 3.63) is 24.3 Å². The number of hydrogen-bond acceptors (Lipinski definition) is 3. The number of nitrogens with one attached hydrogen (secondary N) is 1. The van der Waals surface area contributed by atoms with E-state index in [1.807, 2.05) is 6.92 Å². The third-order valence-electron chi connectivity index (χ3n) is 1.86. The van der Waals surface area contributed by atoms with Crippen LogP contribution in [-0.2, 0) is 4.74 Å². The van der Waals surface area contributed by atoms with Gasteiger partial charge >= 0.3 is 6.09 Å². The molecule has 0 saturated carbocycles. The summed E-state index contributed by atoms with van der Waals surface area (Å²) in [7, 11) is 0. The molecular weight excluding hydrogens is 192 g/mol. The Kier molecular flexibility index (Phi) is 4.47. The molecule has 1 aromatic carbocycles. The summed E-state index contributed by atoms with van der Waals surface area (Å²) in [5, 5.41) is 2.60. The van der Waals surface area contributed by atoms with Gasteiger partial charge in [0, 0.05) is 11.4 Å². The standard InChI is InChI=1S/C11H16N2O2/c1-2-3-7-15-11(14)13-10-6-4-5-9(12)8-10/h4-6,8H,2-3,7,12H2,1H3,(H,13,14). The Morgan fingerprint density at radius 1 is 1.53 bits per heavy atom. The van der Waals surface area contributed by atoms with Gasteiger partial charge in [-0.1, -0.05) is 19.4 Å². The predicted molar refractivity (Wildman–Crippen MR) is 60.7 cm³/mol. The van der Waals surface area contributed by atoms with Gasteiger partial charge in [0.15, 0.2) is 0 Å². The van der Waals surface area contributed by atoms with Crippen molar-refractivity contribution in [3.8, 4) is 0 Å². The van der Waals surface area contributed by atoms with Crippen LogP contribution in [0.2, 0.25) is 0 Å². The molecule has 1 rings (SSSR count). The minimum absolute atomic E-state index is 0.436. The highest BCUT2D eigenvalue weighted by atomic mass is 16.5. The first-order valence-electron chi connectivity index (χ1n) is 5.01. The van der Waals surface area contributed by atoms with Crippen molar-refractivity contribution >= 4 is 17.5 Å². The highest BCUT2D eigenvalue weighted by molar-refractivity contribution is 5.85. The molecule has 0 spiro atoms. The molecule has 4 nitrogen and oxygen atoms in total. The number of amides is 1. The molecule has 0 saturated heterocycles. The Bertz CT molecular complexity index is 326. The number of anilines is 2. The van der Waals surface area contributed by atoms with E-state index in [-0.39, 0.29) is 0 Å². The van der Waals surface area contributed by atoms with Crippen LogP contribution in [0.3, 0.4) is 0 Å². The number of carbonyl (C=O) groups excluding carboxylic acids is 1. The first-order valence-corrected chi connectivity index (χ1v) is 5.01. The van der Waals surface area contributed by atoms with Crippen LogP contribution in [0.15, 0.2) is 24.3 Å². The molecule has 4 heteroatoms. The van der Waals surface area contributed by atoms with Crippen LogP contribution < -0.4 is 11.1 Å². The van der Waals surface area contributed by atoms with Crippen LogP contribution >= 0.6 is 0 Å². The van der Waals surface area contributed by atoms with Gasteiger partial charge in [-0.15, -0.1) is 0 Å². The summed E-state index contributed by atoms with van der Waals surface area (Å²) < 4.78 is 4.94. The number of hydrogen-bond donors (Lipinski definition) is 2. The fourth-order valence-electron chi connectivity index (χ4n) is 1.08. The number of rotatable bonds is 4. The molecule has 0 aromatic heterocycles. The Morgan fingerprint density at radius 2 is 2.33 bits per heavy atom. The second-order valence-electron chi connectivity index (χ2n) is 3.24. The Labute approximate surface area is 89.4 Å². The van der Waals surface area contributed by atoms with E-state index in [1.54, 1.807) is 24.3 Å². The second kappa shape index (κ2) is 5.90. The monoisotopic (exact) mass is 208 g/mol. The van der Waals surface area contributed by atoms with Gasteiger partial charge in [0.2, 0.25) is 0 Å². The van der Waals surface area contributed by atoms with Crippen LogP contribution in [0.25, 0.3) is 0 Å². The van der Waals surface area contributed by atoms with Gasteiger partial charge in [-0.3, -0.25) is 5.32 Å². The van der Waals surface area contributed by atoms with Crippen molar-refractivity contribution in [3.63, 3.8) is 0 Å². The van der Waals surface area contributed by atoms with Gasteiger partial charge in [0.05, 0.1) is 6.61 Å². The van der Waals surface area contributed by atoms with Gasteiger partial charge in [-0.05, 0) is 24.6 Å². The van der Waals surface area contributed by atoms with Gasteiger partial charge < -0.3 is 10.5 Å². The lowest BCUT2D eigenvalue weighted by Crippen LogP contribution is -2.14. The van der Waals surface area contributed by atoms with Crippen molar-refractivity contribution in [2.24, 2.45) is 0 Å². The largest absolute Gasteiger partial charge is 0.449 e. The molecule has 0 bridgehead atoms. The lowest BCUT2D eigenvalue weighted by atomic mass is 10.3. The summed E-state index contributed by atoms with van der Waals surface area (Å²) >= 11 is 0. The molecule has 82 valence electrons. The molecule has 1 amide bonds. The van der Waals surface area contributed by atoms with Crippen molar-refractivity contribution in [1.29, 1.82) is 0 Å². The van der Waals surface area contributed by atoms with E-state index in [2.05, 4.69) is 5.32 Å². The third kappa shape index (κ3) is 4.35. The van der Waals surface area contributed by atoms with E-state index in [0.717, 1.165) is 12.8 Å². The van der Waals surface area contributed by atoms with Gasteiger partial charge in [0.25, 0.3) is 0 Å². The quantitative estimate of drug-likeness (QED) is 0.590. The van der Waals surface area contributed by atoms with Gasteiger partial charge in [-0.2, -0.15) is 0 Å². The molecular formula is C11H16N2O2. The second-order valence-corrected chi connectivity index (χ2v) is 3.24. The molecule has 0 atom stereocenters. The maximum atomic E-state index is 11.2. The van der Waals surface area contributed by atoms with E-state index in [1.165, 1.54) is 0 Å². The van der Waals surface area contributed by atoms with Crippen molar-refractivity contribution in [2.45, 2.75) is 19.8 Å². The molecule has 0 aliphatic rings. The highest BCUT2D eigenvalue weighted by Gasteiger charge is 2.01. The van der Waals surface area contributed by atoms with Crippen LogP contribution in [0.4, 0.5) is 16.2 Å². The Hall–Kier alpha value is -1.71. The summed E-state index contributed by atoms with van der Waals surface area (Å²) in [6.45, 7) is 2.49. The molecule has 0 heterocycles. The number of benzene rings is 1. The molecule has 0 unspecified atom stereocenters. The number of nitrogen functional groups attached to an aromatic ring is 1. The molecule has 1 aromatic rings. The zero-order valence-electron chi connectivity index (χ0n) is 8.82. The van der Waals surface area contributed by atoms with Crippen molar-refractivity contribution in [2.75, 3.05) is 17.7 Å². The van der Waals surface area contributed by atoms with E-state index >= 15 is 0 Å². The van der Waals surface area contributed by atoms with Crippen LogP contribution in [0.5, 0.6) is 0 Å². The molecule has 0 aliphatic carbocycles. The maximum Gasteiger partial charge on any atom is 0.411 e. The Morgan fingerprint density at radius 3 is 3.00 bits per heavy atom. The van der Waals surface area contributed by atoms with E-state index in [0.29, 0.717) is 18.0 Å². The average Bonchev–Trinajstić information content (AvgIpc) is 2.18. The summed E-state index contributed by atoms with van der Waals surface area (Å²) in [6, 6.07) is 6.98. The number of carbonyl (C=O) groups is 1. The first-order chi connectivity index (χ1) is 7.22. The topological polar surface area (TPSA) is 64.3 Å². The number of unbranched alkanes of at least 4 members (excludes halogenated alkanes) is 1. The molecule has 0 radical (unpaired) electrons. The SMILES string of the molecule is CCCCOC(=O)Nc1cccc(N)c1. The van der Waals surface area contributed by atoms with E-state index < -0.39 is 6.09 Å². The summed E-state index contributed by atoms with van der Waals surface area (Å²) in [5.41, 5.74) is 6.83. The van der Waals surface area contributed by atoms with Crippen molar-refractivity contribution in [1.82, 2.24) is 0 Å². The normalized spacial score (nSPS) is 9.67. The minimum atomic E-state index is -0.436. The highest BCUT2D eigenvalue weighted by Crippen LogP contribution is 2.11. The Balaban J connectivity index is 2.37. The lowest BCUT2D eigenvalue weighted by molar-refractivity contribution is 0.160. The third-order valence-corrected chi connectivity index (χ3v) is 1.86. The zero-order valence-corrected chi connectivity index (χ0v) is 8.82. The maximum absolute atomic E-state index is 11.2. The van der Waals surface area contributed by atoms with E-state index in [9.17, 15) is 4.79 Å². The molecule has 15 heavy (non-hydrogen) atoms. The van der Waals surface area contributed by atoms with Crippen LogP contribution in [0, 0.1) is 0 Å². The summed E-state index contributed by atoms with van der Waals surface area (Å²) in [5.74, 6) is 0. The predicted octanol–water partition coefficient (Wildman–Crippen LogP) is 2.62. The van der Waals surface area contributed by atoms with E-state index in [4.69, 9.17) is 10.5 Å².